The van der Waals surface area contributed by atoms with Gasteiger partial charge in [0.15, 0.2) is 0 Å². The predicted octanol–water partition coefficient (Wildman–Crippen LogP) is 3.40. The van der Waals surface area contributed by atoms with E-state index in [9.17, 15) is 22.8 Å². The molecule has 0 spiro atoms. The van der Waals surface area contributed by atoms with Crippen LogP contribution in [0.1, 0.15) is 26.7 Å². The summed E-state index contributed by atoms with van der Waals surface area (Å²) >= 11 is 1.32. The van der Waals surface area contributed by atoms with Crippen LogP contribution in [0.25, 0.3) is 0 Å². The molecule has 2 unspecified atom stereocenters. The van der Waals surface area contributed by atoms with Crippen LogP contribution in [0.15, 0.2) is 41.8 Å². The summed E-state index contributed by atoms with van der Waals surface area (Å²) in [6.07, 6.45) is -4.46. The van der Waals surface area contributed by atoms with Crippen molar-refractivity contribution in [2.75, 3.05) is 46.3 Å². The molecule has 2 aliphatic rings. The molecule has 5 nitrogen and oxygen atoms in total. The third-order valence-corrected chi connectivity index (χ3v) is 6.97. The number of hydrogen-bond acceptors (Lipinski definition) is 4. The molecule has 2 fully saturated rings. The van der Waals surface area contributed by atoms with Crippen LogP contribution in [-0.4, -0.2) is 72.8 Å². The minimum atomic E-state index is -4.46. The van der Waals surface area contributed by atoms with E-state index in [2.05, 4.69) is 4.90 Å². The average molecular weight is 452 g/mol. The molecule has 1 aromatic heterocycles. The number of amides is 2. The first-order valence-electron chi connectivity index (χ1n) is 10.2. The zero-order chi connectivity index (χ0) is 22.2. The van der Waals surface area contributed by atoms with Crippen LogP contribution in [0.3, 0.4) is 0 Å². The summed E-state index contributed by atoms with van der Waals surface area (Å²) in [5.41, 5.74) is -0.289. The van der Waals surface area contributed by atoms with Gasteiger partial charge in [-0.1, -0.05) is 24.3 Å². The molecule has 1 aromatic carbocycles. The fourth-order valence-electron chi connectivity index (χ4n) is 4.32. The molecule has 4 rings (SSSR count). The number of alkyl halides is 3. The number of likely N-dealkylation sites (N-methyl/N-ethyl adjacent to an activating group) is 1. The van der Waals surface area contributed by atoms with Crippen molar-refractivity contribution in [1.29, 1.82) is 0 Å². The minimum absolute atomic E-state index is 0.0861. The molecular weight excluding hydrogens is 427 g/mol. The van der Waals surface area contributed by atoms with Crippen molar-refractivity contribution in [2.24, 2.45) is 5.92 Å². The van der Waals surface area contributed by atoms with Crippen molar-refractivity contribution < 1.29 is 22.8 Å². The molecular formula is C22H24F3N3O2S. The molecule has 31 heavy (non-hydrogen) atoms. The van der Waals surface area contributed by atoms with Gasteiger partial charge in [-0.25, -0.2) is 0 Å². The van der Waals surface area contributed by atoms with E-state index in [1.165, 1.54) is 17.4 Å². The van der Waals surface area contributed by atoms with Gasteiger partial charge in [-0.2, -0.15) is 13.2 Å². The molecule has 2 saturated heterocycles. The molecule has 0 radical (unpaired) electrons. The number of nitrogens with zero attached hydrogens (tertiary/aromatic N) is 3. The van der Waals surface area contributed by atoms with E-state index in [4.69, 9.17) is 0 Å². The lowest BCUT2D eigenvalue weighted by Crippen LogP contribution is -2.50. The summed E-state index contributed by atoms with van der Waals surface area (Å²) in [5.74, 6) is -1.30. The third-order valence-electron chi connectivity index (χ3n) is 6.11. The van der Waals surface area contributed by atoms with Crippen molar-refractivity contribution in [3.8, 4) is 0 Å². The first kappa shape index (κ1) is 21.8. The van der Waals surface area contributed by atoms with Gasteiger partial charge in [0.1, 0.15) is 0 Å². The van der Waals surface area contributed by atoms with Crippen molar-refractivity contribution in [2.45, 2.75) is 12.1 Å². The number of carbonyl (C=O) groups is 2. The molecule has 0 N–H and O–H groups in total. The maximum Gasteiger partial charge on any atom is 0.416 e. The molecule has 0 bridgehead atoms. The normalized spacial score (nSPS) is 22.7. The maximum atomic E-state index is 13.4. The third kappa shape index (κ3) is 4.62. The van der Waals surface area contributed by atoms with Gasteiger partial charge in [0.2, 0.25) is 5.91 Å². The molecule has 9 heteroatoms. The molecule has 0 aliphatic carbocycles. The minimum Gasteiger partial charge on any atom is -0.340 e. The molecule has 2 aromatic rings. The second-order valence-corrected chi connectivity index (χ2v) is 9.10. The summed E-state index contributed by atoms with van der Waals surface area (Å²) in [6, 6.07) is 8.66. The molecule has 3 heterocycles. The highest BCUT2D eigenvalue weighted by molar-refractivity contribution is 7.12. The Bertz CT molecular complexity index is 940. The van der Waals surface area contributed by atoms with Crippen LogP contribution in [0.5, 0.6) is 0 Å². The first-order chi connectivity index (χ1) is 14.7. The summed E-state index contributed by atoms with van der Waals surface area (Å²) < 4.78 is 39.9. The van der Waals surface area contributed by atoms with Crippen LogP contribution in [0.4, 0.5) is 13.2 Å². The van der Waals surface area contributed by atoms with E-state index in [0.29, 0.717) is 23.5 Å². The Morgan fingerprint density at radius 3 is 2.39 bits per heavy atom. The van der Waals surface area contributed by atoms with Crippen molar-refractivity contribution >= 4 is 23.2 Å². The average Bonchev–Trinajstić information content (AvgIpc) is 3.43. The lowest BCUT2D eigenvalue weighted by atomic mass is 9.87. The smallest absolute Gasteiger partial charge is 0.340 e. The number of carbonyl (C=O) groups excluding carboxylic acids is 2. The highest BCUT2D eigenvalue weighted by Gasteiger charge is 2.43. The molecule has 2 amide bonds. The zero-order valence-electron chi connectivity index (χ0n) is 17.1. The Hall–Kier alpha value is -2.39. The van der Waals surface area contributed by atoms with Gasteiger partial charge in [0, 0.05) is 45.2 Å². The number of piperazine rings is 1. The molecule has 2 atom stereocenters. The van der Waals surface area contributed by atoms with Crippen molar-refractivity contribution in [1.82, 2.24) is 14.7 Å². The summed E-state index contributed by atoms with van der Waals surface area (Å²) in [6.45, 7) is 3.11. The summed E-state index contributed by atoms with van der Waals surface area (Å²) in [4.78, 5) is 32.4. The number of halogens is 3. The first-order valence-corrected chi connectivity index (χ1v) is 11.1. The van der Waals surface area contributed by atoms with E-state index in [1.807, 2.05) is 7.05 Å². The van der Waals surface area contributed by atoms with Gasteiger partial charge in [-0.05, 0) is 30.1 Å². The van der Waals surface area contributed by atoms with E-state index >= 15 is 0 Å². The summed E-state index contributed by atoms with van der Waals surface area (Å²) in [7, 11) is 1.99. The van der Waals surface area contributed by atoms with Gasteiger partial charge in [-0.3, -0.25) is 9.59 Å². The van der Waals surface area contributed by atoms with Crippen LogP contribution in [0.2, 0.25) is 0 Å². The topological polar surface area (TPSA) is 43.9 Å². The SMILES string of the molecule is CN1CCN(C(=O)C2CN(C(=O)c3cccs3)CC2c2cccc(C(F)(F)F)c2)CC1. The Labute approximate surface area is 183 Å². The number of rotatable bonds is 3. The Kier molecular flexibility index (Phi) is 6.07. The highest BCUT2D eigenvalue weighted by Crippen LogP contribution is 2.38. The number of thiophene rings is 1. The van der Waals surface area contributed by atoms with Gasteiger partial charge in [-0.15, -0.1) is 11.3 Å². The Morgan fingerprint density at radius 2 is 1.74 bits per heavy atom. The van der Waals surface area contributed by atoms with Crippen LogP contribution < -0.4 is 0 Å². The number of benzene rings is 1. The number of likely N-dealkylation sites (tertiary alicyclic amines) is 1. The predicted molar refractivity (Wildman–Crippen MR) is 112 cm³/mol. The molecule has 0 saturated carbocycles. The van der Waals surface area contributed by atoms with E-state index < -0.39 is 23.6 Å². The monoisotopic (exact) mass is 451 g/mol. The van der Waals surface area contributed by atoms with Crippen LogP contribution in [-0.2, 0) is 11.0 Å². The fourth-order valence-corrected chi connectivity index (χ4v) is 5.01. The van der Waals surface area contributed by atoms with Crippen LogP contribution >= 0.6 is 11.3 Å². The van der Waals surface area contributed by atoms with E-state index in [-0.39, 0.29) is 24.9 Å². The highest BCUT2D eigenvalue weighted by atomic mass is 32.1. The lowest BCUT2D eigenvalue weighted by molar-refractivity contribution is -0.137. The van der Waals surface area contributed by atoms with Crippen molar-refractivity contribution in [3.05, 3.63) is 57.8 Å². The lowest BCUT2D eigenvalue weighted by Gasteiger charge is -2.35. The van der Waals surface area contributed by atoms with Crippen LogP contribution in [0, 0.1) is 5.92 Å². The second kappa shape index (κ2) is 8.63. The largest absolute Gasteiger partial charge is 0.416 e. The molecule has 2 aliphatic heterocycles. The fraction of sp³-hybridized carbons (Fsp3) is 0.455. The second-order valence-electron chi connectivity index (χ2n) is 8.15. The number of hydrogen-bond donors (Lipinski definition) is 0. The quantitative estimate of drug-likeness (QED) is 0.719. The van der Waals surface area contributed by atoms with Crippen molar-refractivity contribution in [3.63, 3.8) is 0 Å². The van der Waals surface area contributed by atoms with Gasteiger partial charge >= 0.3 is 6.18 Å². The maximum absolute atomic E-state index is 13.4. The van der Waals surface area contributed by atoms with Gasteiger partial charge in [0.25, 0.3) is 5.91 Å². The summed E-state index contributed by atoms with van der Waals surface area (Å²) in [5, 5.41) is 1.81. The standard InChI is InChI=1S/C22H24F3N3O2S/c1-26-7-9-27(10-8-26)20(29)18-14-28(21(30)19-6-3-11-31-19)13-17(18)15-4-2-5-16(12-15)22(23,24)25/h2-6,11-12,17-18H,7-10,13-14H2,1H3. The molecule has 166 valence electrons. The van der Waals surface area contributed by atoms with E-state index in [1.54, 1.807) is 33.4 Å². The van der Waals surface area contributed by atoms with Gasteiger partial charge in [0.05, 0.1) is 16.4 Å². The van der Waals surface area contributed by atoms with E-state index in [0.717, 1.165) is 25.2 Å². The Balaban J connectivity index is 1.63. The van der Waals surface area contributed by atoms with Gasteiger partial charge < -0.3 is 14.7 Å². The Morgan fingerprint density at radius 1 is 1.00 bits per heavy atom. The zero-order valence-corrected chi connectivity index (χ0v) is 18.0.